The second-order valence-corrected chi connectivity index (χ2v) is 10.3. The number of carbonyl (C=O) groups is 1. The summed E-state index contributed by atoms with van der Waals surface area (Å²) in [6, 6.07) is 0.330. The number of rotatable bonds is 10. The van der Waals surface area contributed by atoms with Gasteiger partial charge in [-0.25, -0.2) is 21.2 Å². The molecule has 0 saturated carbocycles. The Bertz CT molecular complexity index is 949. The van der Waals surface area contributed by atoms with E-state index in [-0.39, 0.29) is 64.2 Å². The standard InChI is InChI=1S/C22H34N5O5P.CH4O/c1-15(2)27(16(3)4)33(30-9-8-23-7)31-13-22(6)12-29-11-19(32-22)26-14-24-20-18(28)10-17(5)25-21(20)26;1-2/h14-16,19H,8-13H2,1-6H3;2H,1H3/t19-,22+,33?;/m1./s1/i6D;2T. The molecule has 196 valence electrons. The van der Waals surface area contributed by atoms with Crippen LogP contribution in [0.5, 0.6) is 0 Å². The highest BCUT2D eigenvalue weighted by Crippen LogP contribution is 2.47. The molecule has 0 aromatic carbocycles. The molecular weight excluding hydrogens is 473 g/mol. The van der Waals surface area contributed by atoms with E-state index in [1.165, 1.54) is 7.11 Å². The molecule has 3 atom stereocenters. The lowest BCUT2D eigenvalue weighted by atomic mass is 10.1. The molecule has 3 rings (SSSR count). The molecule has 3 heterocycles. The van der Waals surface area contributed by atoms with Gasteiger partial charge in [0.2, 0.25) is 7.98 Å². The van der Waals surface area contributed by atoms with Crippen LogP contribution in [0.15, 0.2) is 11.3 Å². The molecule has 0 bridgehead atoms. The molecule has 12 heteroatoms. The average Bonchev–Trinajstić information content (AvgIpc) is 3.27. The maximum atomic E-state index is 12.3. The number of aliphatic imine (C=N–C) groups is 1. The number of carbonyl (C=O) groups excluding carboxylic acids is 1. The molecule has 1 aromatic heterocycles. The fourth-order valence-corrected chi connectivity index (χ4v) is 5.48. The van der Waals surface area contributed by atoms with Gasteiger partial charge in [0.1, 0.15) is 12.2 Å². The number of ether oxygens (including phenoxy) is 2. The summed E-state index contributed by atoms with van der Waals surface area (Å²) < 4.78 is 42.2. The van der Waals surface area contributed by atoms with Crippen LogP contribution in [-0.2, 0) is 18.5 Å². The van der Waals surface area contributed by atoms with Crippen LogP contribution < -0.4 is 0 Å². The van der Waals surface area contributed by atoms with Gasteiger partial charge in [-0.05, 0) is 41.5 Å². The number of hydrogen-bond donors (Lipinski definition) is 1. The summed E-state index contributed by atoms with van der Waals surface area (Å²) in [7, 11) is -0.179. The van der Waals surface area contributed by atoms with E-state index in [4.69, 9.17) is 27.9 Å². The largest absolute Gasteiger partial charge is 0.400 e. The zero-order valence-electron chi connectivity index (χ0n) is 23.4. The summed E-state index contributed by atoms with van der Waals surface area (Å²) in [6.45, 7) is 18.1. The Balaban J connectivity index is 0.00000153. The van der Waals surface area contributed by atoms with Gasteiger partial charge in [0.05, 0.1) is 32.6 Å². The van der Waals surface area contributed by atoms with Crippen molar-refractivity contribution >= 4 is 25.8 Å². The van der Waals surface area contributed by atoms with Crippen LogP contribution in [0.4, 0.5) is 5.82 Å². The van der Waals surface area contributed by atoms with Crippen LogP contribution >= 0.6 is 8.53 Å². The van der Waals surface area contributed by atoms with E-state index < -0.39 is 20.4 Å². The molecule has 1 fully saturated rings. The Morgan fingerprint density at radius 3 is 2.83 bits per heavy atom. The van der Waals surface area contributed by atoms with Gasteiger partial charge >= 0.3 is 0 Å². The summed E-state index contributed by atoms with van der Waals surface area (Å²) in [6.07, 6.45) is 1.21. The molecule has 1 saturated heterocycles. The lowest BCUT2D eigenvalue weighted by molar-refractivity contribution is -0.226. The van der Waals surface area contributed by atoms with Crippen molar-refractivity contribution in [1.82, 2.24) is 14.2 Å². The monoisotopic (exact) mass is 514 g/mol. The Hall–Kier alpha value is -1.77. The van der Waals surface area contributed by atoms with Crippen LogP contribution in [0.3, 0.4) is 0 Å². The molecule has 0 radical (unpaired) electrons. The molecule has 0 spiro atoms. The summed E-state index contributed by atoms with van der Waals surface area (Å²) in [5, 5.41) is 3.50. The van der Waals surface area contributed by atoms with Crippen molar-refractivity contribution < 1.29 is 29.8 Å². The maximum Gasteiger partial charge on any atom is 0.259 e. The third-order valence-corrected chi connectivity index (χ3v) is 7.21. The van der Waals surface area contributed by atoms with E-state index in [1.807, 2.05) is 6.92 Å². The predicted molar refractivity (Wildman–Crippen MR) is 134 cm³/mol. The van der Waals surface area contributed by atoms with E-state index in [0.29, 0.717) is 11.5 Å². The summed E-state index contributed by atoms with van der Waals surface area (Å²) in [5.41, 5.74) is 0.0189. The second kappa shape index (κ2) is 13.5. The Morgan fingerprint density at radius 2 is 2.20 bits per heavy atom. The number of fused-ring (bicyclic) bond motifs is 1. The van der Waals surface area contributed by atoms with Crippen molar-refractivity contribution in [3.8, 4) is 0 Å². The van der Waals surface area contributed by atoms with Crippen molar-refractivity contribution in [1.29, 1.82) is 1.43 Å². The number of ketones is 1. The highest BCUT2D eigenvalue weighted by Gasteiger charge is 2.39. The van der Waals surface area contributed by atoms with Crippen LogP contribution in [0, 0.1) is 6.57 Å². The molecule has 11 nitrogen and oxygen atoms in total. The van der Waals surface area contributed by atoms with Crippen molar-refractivity contribution in [2.24, 2.45) is 4.99 Å². The minimum atomic E-state index is -1.47. The molecule has 2 aliphatic rings. The third-order valence-electron chi connectivity index (χ3n) is 5.16. The lowest BCUT2D eigenvalue weighted by Gasteiger charge is -2.41. The van der Waals surface area contributed by atoms with Gasteiger partial charge in [0.25, 0.3) is 8.53 Å². The lowest BCUT2D eigenvalue weighted by Crippen LogP contribution is -2.47. The average molecular weight is 515 g/mol. The predicted octanol–water partition coefficient (Wildman–Crippen LogP) is 3.77. The van der Waals surface area contributed by atoms with E-state index in [2.05, 4.69) is 52.3 Å². The van der Waals surface area contributed by atoms with Crippen LogP contribution in [0.25, 0.3) is 4.85 Å². The van der Waals surface area contributed by atoms with Crippen molar-refractivity contribution in [3.05, 3.63) is 23.4 Å². The fourth-order valence-electron chi connectivity index (χ4n) is 3.81. The van der Waals surface area contributed by atoms with Crippen LogP contribution in [0.1, 0.15) is 66.0 Å². The molecule has 0 amide bonds. The molecule has 0 aliphatic carbocycles. The van der Waals surface area contributed by atoms with Crippen molar-refractivity contribution in [3.63, 3.8) is 0 Å². The van der Waals surface area contributed by atoms with E-state index in [1.54, 1.807) is 10.9 Å². The molecule has 1 N–H and O–H groups in total. The third kappa shape index (κ3) is 7.61. The SMILES string of the molecule is [2H]C[C@@]1(COP(OCC[N+]#[C-])N(C(C)C)C(C)C)COC[C@H](n2cnc3c2N=C(C)CC3=O)O1.[3H]OC. The Labute approximate surface area is 212 Å². The number of hydrogen-bond acceptors (Lipinski definition) is 9. The first-order valence-electron chi connectivity index (χ1n) is 12.6. The minimum Gasteiger partial charge on any atom is -0.400 e. The smallest absolute Gasteiger partial charge is 0.259 e. The van der Waals surface area contributed by atoms with Crippen LogP contribution in [0.2, 0.25) is 0 Å². The topological polar surface area (TPSA) is 112 Å². The molecule has 2 aliphatic heterocycles. The van der Waals surface area contributed by atoms with Gasteiger partial charge in [0, 0.05) is 26.3 Å². The number of aromatic nitrogens is 2. The highest BCUT2D eigenvalue weighted by atomic mass is 31.2. The number of imidazole rings is 1. The van der Waals surface area contributed by atoms with Gasteiger partial charge in [-0.15, -0.1) is 0 Å². The summed E-state index contributed by atoms with van der Waals surface area (Å²) in [5.74, 6) is 0.386. The van der Waals surface area contributed by atoms with E-state index in [9.17, 15) is 4.79 Å². The Morgan fingerprint density at radius 1 is 1.49 bits per heavy atom. The number of aliphatic hydroxyl groups excluding tert-OH is 1. The van der Waals surface area contributed by atoms with Gasteiger partial charge in [-0.3, -0.25) is 9.36 Å². The zero-order valence-corrected chi connectivity index (χ0v) is 22.3. The van der Waals surface area contributed by atoms with Gasteiger partial charge in [-0.2, -0.15) is 0 Å². The number of Topliss-reactive ketones (excluding diaryl/α,β-unsaturated/α-hetero) is 1. The molecule has 1 aromatic rings. The molecule has 35 heavy (non-hydrogen) atoms. The van der Waals surface area contributed by atoms with Gasteiger partial charge in [0.15, 0.2) is 23.5 Å². The van der Waals surface area contributed by atoms with Crippen molar-refractivity contribution in [2.75, 3.05) is 40.1 Å². The second-order valence-electron chi connectivity index (χ2n) is 8.84. The molecule has 1 unspecified atom stereocenters. The van der Waals surface area contributed by atoms with Gasteiger partial charge in [-0.1, -0.05) is 0 Å². The van der Waals surface area contributed by atoms with E-state index in [0.717, 1.165) is 5.71 Å². The van der Waals surface area contributed by atoms with Gasteiger partial charge < -0.3 is 28.5 Å². The molecular formula is C23H38N5O6P. The minimum absolute atomic E-state index is 0.0715. The maximum absolute atomic E-state index is 12.3. The first-order chi connectivity index (χ1) is 17.6. The Kier molecular flexibility index (Phi) is 10.2. The number of nitrogens with zero attached hydrogens (tertiary/aromatic N) is 5. The van der Waals surface area contributed by atoms with E-state index >= 15 is 0 Å². The number of aliphatic hydroxyl groups is 1. The first kappa shape index (κ1) is 26.3. The first-order valence-corrected chi connectivity index (χ1v) is 12.6. The quantitative estimate of drug-likeness (QED) is 0.285. The fraction of sp³-hybridized carbons (Fsp3) is 0.739. The highest BCUT2D eigenvalue weighted by molar-refractivity contribution is 7.44. The normalized spacial score (nSPS) is 23.7. The zero-order chi connectivity index (χ0) is 27.6. The summed E-state index contributed by atoms with van der Waals surface area (Å²) >= 11 is 0. The van der Waals surface area contributed by atoms with Crippen molar-refractivity contribution in [2.45, 2.75) is 71.9 Å². The van der Waals surface area contributed by atoms with Crippen LogP contribution in [-0.4, -0.2) is 90.0 Å². The summed E-state index contributed by atoms with van der Waals surface area (Å²) in [4.78, 5) is 24.4.